The highest BCUT2D eigenvalue weighted by atomic mass is 35.5. The summed E-state index contributed by atoms with van der Waals surface area (Å²) in [5.74, 6) is 0.557. The molecule has 5 nitrogen and oxygen atoms in total. The van der Waals surface area contributed by atoms with Crippen LogP contribution in [0.1, 0.15) is 10.4 Å². The number of fused-ring (bicyclic) bond motifs is 1. The third kappa shape index (κ3) is 2.60. The summed E-state index contributed by atoms with van der Waals surface area (Å²) >= 11 is 5.93. The molecule has 0 spiro atoms. The summed E-state index contributed by atoms with van der Waals surface area (Å²) in [6.45, 7) is 0. The molecular weight excluding hydrogens is 338 g/mol. The molecule has 0 atom stereocenters. The average Bonchev–Trinajstić information content (AvgIpc) is 2.93. The largest absolute Gasteiger partial charge is 0.497 e. The zero-order chi connectivity index (χ0) is 16.6. The number of halogens is 1. The van der Waals surface area contributed by atoms with E-state index in [1.807, 2.05) is 0 Å². The van der Waals surface area contributed by atoms with Crippen LogP contribution in [0.4, 0.5) is 0 Å². The number of hydrogen-bond donors (Lipinski definition) is 0. The number of methoxy groups -OCH3 is 1. The lowest BCUT2D eigenvalue weighted by molar-refractivity contribution is 0.112. The molecule has 0 saturated carbocycles. The predicted molar refractivity (Wildman–Crippen MR) is 87.9 cm³/mol. The van der Waals surface area contributed by atoms with Crippen molar-refractivity contribution in [3.63, 3.8) is 0 Å². The predicted octanol–water partition coefficient (Wildman–Crippen LogP) is 3.35. The number of benzene rings is 2. The van der Waals surface area contributed by atoms with Gasteiger partial charge in [-0.15, -0.1) is 0 Å². The third-order valence-electron chi connectivity index (χ3n) is 3.51. The molecule has 0 saturated heterocycles. The van der Waals surface area contributed by atoms with E-state index in [-0.39, 0.29) is 10.5 Å². The fraction of sp³-hybridized carbons (Fsp3) is 0.0625. The van der Waals surface area contributed by atoms with Crippen molar-refractivity contribution in [3.05, 3.63) is 59.2 Å². The zero-order valence-electron chi connectivity index (χ0n) is 12.1. The van der Waals surface area contributed by atoms with E-state index in [1.54, 1.807) is 30.3 Å². The first-order chi connectivity index (χ1) is 11.0. The fourth-order valence-corrected chi connectivity index (χ4v) is 3.90. The highest BCUT2D eigenvalue weighted by Gasteiger charge is 2.21. The van der Waals surface area contributed by atoms with Crippen molar-refractivity contribution in [2.45, 2.75) is 4.90 Å². The molecule has 118 valence electrons. The second-order valence-electron chi connectivity index (χ2n) is 4.84. The Hall–Kier alpha value is -2.31. The van der Waals surface area contributed by atoms with Crippen molar-refractivity contribution >= 4 is 38.8 Å². The van der Waals surface area contributed by atoms with E-state index in [0.717, 1.165) is 3.97 Å². The van der Waals surface area contributed by atoms with Gasteiger partial charge in [-0.3, -0.25) is 4.79 Å². The minimum Gasteiger partial charge on any atom is -0.497 e. The van der Waals surface area contributed by atoms with Crippen LogP contribution >= 0.6 is 11.6 Å². The van der Waals surface area contributed by atoms with E-state index in [4.69, 9.17) is 16.3 Å². The molecule has 0 aliphatic rings. The summed E-state index contributed by atoms with van der Waals surface area (Å²) in [4.78, 5) is 11.3. The van der Waals surface area contributed by atoms with Gasteiger partial charge in [0.1, 0.15) is 5.75 Å². The van der Waals surface area contributed by atoms with Crippen molar-refractivity contribution in [1.82, 2.24) is 3.97 Å². The van der Waals surface area contributed by atoms with Crippen LogP contribution in [0.3, 0.4) is 0 Å². The van der Waals surface area contributed by atoms with Gasteiger partial charge in [-0.05, 0) is 42.5 Å². The van der Waals surface area contributed by atoms with E-state index in [0.29, 0.717) is 28.0 Å². The molecule has 3 aromatic rings. The molecule has 0 N–H and O–H groups in total. The maximum absolute atomic E-state index is 12.8. The lowest BCUT2D eigenvalue weighted by atomic mass is 10.2. The monoisotopic (exact) mass is 349 g/mol. The zero-order valence-corrected chi connectivity index (χ0v) is 13.6. The highest BCUT2D eigenvalue weighted by molar-refractivity contribution is 7.90. The summed E-state index contributed by atoms with van der Waals surface area (Å²) in [6, 6.07) is 10.8. The van der Waals surface area contributed by atoms with Gasteiger partial charge in [-0.2, -0.15) is 0 Å². The number of carbonyl (C=O) groups excluding carboxylic acids is 1. The quantitative estimate of drug-likeness (QED) is 0.677. The topological polar surface area (TPSA) is 65.4 Å². The second-order valence-corrected chi connectivity index (χ2v) is 7.09. The Morgan fingerprint density at radius 2 is 1.83 bits per heavy atom. The van der Waals surface area contributed by atoms with Crippen molar-refractivity contribution < 1.29 is 17.9 Å². The van der Waals surface area contributed by atoms with Crippen molar-refractivity contribution in [2.75, 3.05) is 7.11 Å². The molecule has 3 rings (SSSR count). The first-order valence-electron chi connectivity index (χ1n) is 6.63. The maximum Gasteiger partial charge on any atom is 0.268 e. The van der Waals surface area contributed by atoms with Gasteiger partial charge in [-0.1, -0.05) is 11.6 Å². The molecule has 0 unspecified atom stereocenters. The molecule has 1 heterocycles. The van der Waals surface area contributed by atoms with E-state index >= 15 is 0 Å². The van der Waals surface area contributed by atoms with Gasteiger partial charge in [0.15, 0.2) is 6.29 Å². The van der Waals surface area contributed by atoms with Gasteiger partial charge < -0.3 is 4.74 Å². The molecule has 7 heteroatoms. The van der Waals surface area contributed by atoms with E-state index in [1.165, 1.54) is 25.4 Å². The number of rotatable bonds is 4. The van der Waals surface area contributed by atoms with Crippen LogP contribution in [0.15, 0.2) is 53.6 Å². The molecule has 0 fully saturated rings. The third-order valence-corrected chi connectivity index (χ3v) is 5.43. The molecule has 1 aromatic heterocycles. The van der Waals surface area contributed by atoms with Crippen molar-refractivity contribution in [3.8, 4) is 5.75 Å². The number of nitrogens with zero attached hydrogens (tertiary/aromatic N) is 1. The Morgan fingerprint density at radius 1 is 1.13 bits per heavy atom. The van der Waals surface area contributed by atoms with E-state index in [2.05, 4.69) is 0 Å². The number of aromatic nitrogens is 1. The minimum absolute atomic E-state index is 0.0996. The van der Waals surface area contributed by atoms with Crippen LogP contribution in [-0.2, 0) is 10.0 Å². The molecule has 0 radical (unpaired) electrons. The molecule has 0 bridgehead atoms. The molecule has 0 aliphatic heterocycles. The Balaban J connectivity index is 2.23. The standard InChI is InChI=1S/C16H12ClNO4S/c1-22-13-3-5-14(6-4-13)23(20,21)18-9-11(10-19)15-8-12(17)2-7-16(15)18/h2-10H,1H3. The van der Waals surface area contributed by atoms with Crippen LogP contribution in [0.2, 0.25) is 5.02 Å². The van der Waals surface area contributed by atoms with Gasteiger partial charge in [-0.25, -0.2) is 12.4 Å². The van der Waals surface area contributed by atoms with Crippen molar-refractivity contribution in [1.29, 1.82) is 0 Å². The number of ether oxygens (including phenoxy) is 1. The second kappa shape index (κ2) is 5.72. The Bertz CT molecular complexity index is 991. The Morgan fingerprint density at radius 3 is 2.43 bits per heavy atom. The van der Waals surface area contributed by atoms with Gasteiger partial charge in [0.25, 0.3) is 10.0 Å². The number of aldehydes is 1. The fourth-order valence-electron chi connectivity index (χ4n) is 2.35. The van der Waals surface area contributed by atoms with Gasteiger partial charge in [0.05, 0.1) is 17.5 Å². The van der Waals surface area contributed by atoms with Gasteiger partial charge in [0, 0.05) is 22.2 Å². The summed E-state index contributed by atoms with van der Waals surface area (Å²) in [7, 11) is -2.33. The summed E-state index contributed by atoms with van der Waals surface area (Å²) in [5.41, 5.74) is 0.659. The maximum atomic E-state index is 12.8. The van der Waals surface area contributed by atoms with Crippen LogP contribution in [0, 0.1) is 0 Å². The number of hydrogen-bond acceptors (Lipinski definition) is 4. The Kier molecular flexibility index (Phi) is 3.87. The summed E-state index contributed by atoms with van der Waals surface area (Å²) < 4.78 is 31.8. The van der Waals surface area contributed by atoms with Crippen LogP contribution in [0.25, 0.3) is 10.9 Å². The Labute approximate surface area is 138 Å². The average molecular weight is 350 g/mol. The number of carbonyl (C=O) groups is 1. The van der Waals surface area contributed by atoms with E-state index in [9.17, 15) is 13.2 Å². The van der Waals surface area contributed by atoms with Crippen LogP contribution in [0.5, 0.6) is 5.75 Å². The van der Waals surface area contributed by atoms with E-state index < -0.39 is 10.0 Å². The molecule has 2 aromatic carbocycles. The normalized spacial score (nSPS) is 11.6. The SMILES string of the molecule is COc1ccc(S(=O)(=O)n2cc(C=O)c3cc(Cl)ccc32)cc1. The summed E-state index contributed by atoms with van der Waals surface area (Å²) in [6.07, 6.45) is 1.91. The first-order valence-corrected chi connectivity index (χ1v) is 8.44. The lowest BCUT2D eigenvalue weighted by Gasteiger charge is -2.08. The molecule has 0 amide bonds. The van der Waals surface area contributed by atoms with Crippen molar-refractivity contribution in [2.24, 2.45) is 0 Å². The smallest absolute Gasteiger partial charge is 0.268 e. The minimum atomic E-state index is -3.83. The lowest BCUT2D eigenvalue weighted by Crippen LogP contribution is -2.11. The highest BCUT2D eigenvalue weighted by Crippen LogP contribution is 2.28. The molecule has 0 aliphatic carbocycles. The van der Waals surface area contributed by atoms with Crippen LogP contribution < -0.4 is 4.74 Å². The molecule has 23 heavy (non-hydrogen) atoms. The summed E-state index contributed by atoms with van der Waals surface area (Å²) in [5, 5.41) is 0.921. The van der Waals surface area contributed by atoms with Gasteiger partial charge >= 0.3 is 0 Å². The molecular formula is C16H12ClNO4S. The van der Waals surface area contributed by atoms with Gasteiger partial charge in [0.2, 0.25) is 0 Å². The first kappa shape index (κ1) is 15.6. The van der Waals surface area contributed by atoms with Crippen LogP contribution in [-0.4, -0.2) is 25.8 Å².